The Kier molecular flexibility index (Phi) is 4.54. The fourth-order valence-corrected chi connectivity index (χ4v) is 2.55. The van der Waals surface area contributed by atoms with E-state index in [-0.39, 0.29) is 14.2 Å². The predicted molar refractivity (Wildman–Crippen MR) is 73.3 cm³/mol. The molecule has 1 aromatic carbocycles. The van der Waals surface area contributed by atoms with E-state index in [0.717, 1.165) is 23.9 Å². The van der Waals surface area contributed by atoms with E-state index in [9.17, 15) is 19.3 Å². The number of rotatable bonds is 4. The molecule has 0 atom stereocenters. The second-order valence-electron chi connectivity index (χ2n) is 3.91. The van der Waals surface area contributed by atoms with Gasteiger partial charge in [0.15, 0.2) is 0 Å². The number of hydrogen-bond donors (Lipinski definition) is 1. The average molecular weight is 385 g/mol. The first kappa shape index (κ1) is 15.2. The van der Waals surface area contributed by atoms with Crippen molar-refractivity contribution in [3.8, 4) is 0 Å². The highest BCUT2D eigenvalue weighted by Gasteiger charge is 2.32. The Labute approximate surface area is 120 Å². The lowest BCUT2D eigenvalue weighted by atomic mass is 10.2. The molecule has 1 aromatic rings. The lowest BCUT2D eigenvalue weighted by Gasteiger charge is -2.18. The Morgan fingerprint density at radius 1 is 1.56 bits per heavy atom. The van der Waals surface area contributed by atoms with Gasteiger partial charge in [-0.25, -0.2) is 4.39 Å². The van der Waals surface area contributed by atoms with Crippen LogP contribution in [0.4, 0.5) is 10.1 Å². The van der Waals surface area contributed by atoms with Crippen LogP contribution in [-0.2, 0) is 4.79 Å². The lowest BCUT2D eigenvalue weighted by molar-refractivity contribution is -0.387. The van der Waals surface area contributed by atoms with Crippen molar-refractivity contribution in [1.82, 2.24) is 0 Å². The summed E-state index contributed by atoms with van der Waals surface area (Å²) in [5, 5.41) is 19.8. The van der Waals surface area contributed by atoms with E-state index < -0.39 is 21.5 Å². The molecule has 0 bridgehead atoms. The number of nitrogens with zero attached hydrogens (tertiary/aromatic N) is 1. The number of thioether (sulfide) groups is 1. The zero-order valence-electron chi connectivity index (χ0n) is 9.44. The molecule has 0 saturated carbocycles. The van der Waals surface area contributed by atoms with Crippen molar-refractivity contribution in [3.63, 3.8) is 0 Å². The summed E-state index contributed by atoms with van der Waals surface area (Å²) in [5.41, 5.74) is -0.292. The fourth-order valence-electron chi connectivity index (χ4n) is 1.06. The molecule has 0 unspecified atom stereocenters. The summed E-state index contributed by atoms with van der Waals surface area (Å²) in [6.07, 6.45) is 0. The van der Waals surface area contributed by atoms with Crippen LogP contribution >= 0.6 is 34.4 Å². The molecule has 1 N–H and O–H groups in total. The summed E-state index contributed by atoms with van der Waals surface area (Å²) in [5.74, 6) is -1.73. The number of carboxylic acid groups (broad SMARTS) is 1. The molecular formula is C10H9FINO4S. The molecule has 0 fully saturated rings. The highest BCUT2D eigenvalue weighted by atomic mass is 127. The van der Waals surface area contributed by atoms with Crippen molar-refractivity contribution in [1.29, 1.82) is 0 Å². The third kappa shape index (κ3) is 3.31. The van der Waals surface area contributed by atoms with Crippen molar-refractivity contribution in [3.05, 3.63) is 31.6 Å². The van der Waals surface area contributed by atoms with Gasteiger partial charge in [0, 0.05) is 6.07 Å². The fraction of sp³-hybridized carbons (Fsp3) is 0.300. The van der Waals surface area contributed by atoms with Crippen molar-refractivity contribution < 1.29 is 19.2 Å². The van der Waals surface area contributed by atoms with Crippen LogP contribution in [0.25, 0.3) is 0 Å². The van der Waals surface area contributed by atoms with Crippen molar-refractivity contribution >= 4 is 46.0 Å². The van der Waals surface area contributed by atoms with Gasteiger partial charge in [0.1, 0.15) is 10.6 Å². The quantitative estimate of drug-likeness (QED) is 0.372. The van der Waals surface area contributed by atoms with Gasteiger partial charge in [-0.3, -0.25) is 14.9 Å². The highest BCUT2D eigenvalue weighted by Crippen LogP contribution is 2.39. The smallest absolute Gasteiger partial charge is 0.319 e. The first-order valence-corrected chi connectivity index (χ1v) is 6.60. The van der Waals surface area contributed by atoms with E-state index in [1.54, 1.807) is 22.6 Å². The molecule has 8 heteroatoms. The van der Waals surface area contributed by atoms with Crippen LogP contribution in [0.5, 0.6) is 0 Å². The molecule has 0 aliphatic heterocycles. The van der Waals surface area contributed by atoms with E-state index in [4.69, 9.17) is 5.11 Å². The molecule has 1 rings (SSSR count). The molecule has 0 aliphatic carbocycles. The standard InChI is InChI=1S/C10H9FINO4S/c1-10(2,9(14)15)18-8-3-5(11)6(12)4-7(8)13(16)17/h3-4H,1-2H3,(H,14,15). The van der Waals surface area contributed by atoms with E-state index in [1.807, 2.05) is 0 Å². The molecule has 0 amide bonds. The normalized spacial score (nSPS) is 11.3. The third-order valence-electron chi connectivity index (χ3n) is 2.08. The summed E-state index contributed by atoms with van der Waals surface area (Å²) in [6.45, 7) is 2.80. The maximum atomic E-state index is 13.4. The Hall–Kier alpha value is -0.900. The van der Waals surface area contributed by atoms with Gasteiger partial charge in [-0.05, 0) is 42.5 Å². The molecule has 0 heterocycles. The Balaban J connectivity index is 3.27. The van der Waals surface area contributed by atoms with E-state index in [0.29, 0.717) is 0 Å². The Bertz CT molecular complexity index is 521. The summed E-state index contributed by atoms with van der Waals surface area (Å²) in [4.78, 5) is 21.2. The minimum atomic E-state index is -1.27. The zero-order valence-corrected chi connectivity index (χ0v) is 12.4. The Morgan fingerprint density at radius 3 is 2.56 bits per heavy atom. The first-order valence-electron chi connectivity index (χ1n) is 4.71. The lowest BCUT2D eigenvalue weighted by Crippen LogP contribution is -2.27. The number of aliphatic carboxylic acids is 1. The monoisotopic (exact) mass is 385 g/mol. The second-order valence-corrected chi connectivity index (χ2v) is 6.74. The number of nitro benzene ring substituents is 1. The largest absolute Gasteiger partial charge is 0.480 e. The van der Waals surface area contributed by atoms with E-state index >= 15 is 0 Å². The van der Waals surface area contributed by atoms with Crippen LogP contribution in [0.15, 0.2) is 17.0 Å². The summed E-state index contributed by atoms with van der Waals surface area (Å²) in [6, 6.07) is 2.09. The number of halogens is 2. The molecule has 5 nitrogen and oxygen atoms in total. The maximum absolute atomic E-state index is 13.4. The molecule has 0 spiro atoms. The summed E-state index contributed by atoms with van der Waals surface area (Å²) in [7, 11) is 0. The van der Waals surface area contributed by atoms with Crippen LogP contribution < -0.4 is 0 Å². The molecule has 0 saturated heterocycles. The van der Waals surface area contributed by atoms with Gasteiger partial charge in [0.2, 0.25) is 0 Å². The minimum absolute atomic E-state index is 0.00492. The molecule has 18 heavy (non-hydrogen) atoms. The summed E-state index contributed by atoms with van der Waals surface area (Å²) < 4.78 is 12.3. The minimum Gasteiger partial charge on any atom is -0.480 e. The van der Waals surface area contributed by atoms with E-state index in [1.165, 1.54) is 13.8 Å². The first-order chi connectivity index (χ1) is 8.15. The van der Waals surface area contributed by atoms with Gasteiger partial charge >= 0.3 is 5.97 Å². The number of nitro groups is 1. The third-order valence-corrected chi connectivity index (χ3v) is 4.14. The molecule has 98 valence electrons. The van der Waals surface area contributed by atoms with Crippen LogP contribution in [0, 0.1) is 19.5 Å². The number of carboxylic acids is 1. The van der Waals surface area contributed by atoms with Crippen LogP contribution in [0.3, 0.4) is 0 Å². The Morgan fingerprint density at radius 2 is 2.11 bits per heavy atom. The van der Waals surface area contributed by atoms with Crippen molar-refractivity contribution in [2.45, 2.75) is 23.5 Å². The molecule has 0 aliphatic rings. The van der Waals surface area contributed by atoms with Gasteiger partial charge in [0.05, 0.1) is 13.4 Å². The average Bonchev–Trinajstić information content (AvgIpc) is 2.22. The highest BCUT2D eigenvalue weighted by molar-refractivity contribution is 14.1. The zero-order chi connectivity index (χ0) is 14.1. The van der Waals surface area contributed by atoms with Crippen LogP contribution in [0.2, 0.25) is 0 Å². The molecular weight excluding hydrogens is 376 g/mol. The van der Waals surface area contributed by atoms with Gasteiger partial charge in [-0.2, -0.15) is 0 Å². The maximum Gasteiger partial charge on any atom is 0.319 e. The second kappa shape index (κ2) is 5.39. The van der Waals surface area contributed by atoms with Gasteiger partial charge in [-0.15, -0.1) is 11.8 Å². The van der Waals surface area contributed by atoms with Crippen molar-refractivity contribution in [2.24, 2.45) is 0 Å². The van der Waals surface area contributed by atoms with Crippen molar-refractivity contribution in [2.75, 3.05) is 0 Å². The van der Waals surface area contributed by atoms with Crippen LogP contribution in [-0.4, -0.2) is 20.7 Å². The van der Waals surface area contributed by atoms with Gasteiger partial charge in [-0.1, -0.05) is 0 Å². The van der Waals surface area contributed by atoms with Gasteiger partial charge < -0.3 is 5.11 Å². The number of benzene rings is 1. The summed E-state index contributed by atoms with van der Waals surface area (Å²) >= 11 is 2.39. The SMILES string of the molecule is CC(C)(Sc1cc(F)c(I)cc1[N+](=O)[O-])C(=O)O. The van der Waals surface area contributed by atoms with Crippen LogP contribution in [0.1, 0.15) is 13.8 Å². The number of hydrogen-bond acceptors (Lipinski definition) is 4. The van der Waals surface area contributed by atoms with E-state index in [2.05, 4.69) is 0 Å². The van der Waals surface area contributed by atoms with Gasteiger partial charge in [0.25, 0.3) is 5.69 Å². The topological polar surface area (TPSA) is 80.4 Å². The molecule has 0 aromatic heterocycles. The molecule has 0 radical (unpaired) electrons. The number of carbonyl (C=O) groups is 1. The predicted octanol–water partition coefficient (Wildman–Crippen LogP) is 3.29.